The first-order valence-corrected chi connectivity index (χ1v) is 11.5. The first kappa shape index (κ1) is 23.0. The number of nitrogens with zero attached hydrogens (tertiary/aromatic N) is 3. The number of hydrogen-bond acceptors (Lipinski definition) is 6. The van der Waals surface area contributed by atoms with E-state index in [2.05, 4.69) is 15.6 Å². The third-order valence-electron chi connectivity index (χ3n) is 5.75. The van der Waals surface area contributed by atoms with Crippen LogP contribution in [-0.4, -0.2) is 20.9 Å². The number of carbonyl (C=O) groups excluding carboxylic acids is 1. The molecule has 0 unspecified atom stereocenters. The van der Waals surface area contributed by atoms with Crippen molar-refractivity contribution in [1.82, 2.24) is 20.3 Å². The molecular weight excluding hydrogens is 456 g/mol. The van der Waals surface area contributed by atoms with Crippen molar-refractivity contribution in [2.45, 2.75) is 26.5 Å². The average Bonchev–Trinajstić information content (AvgIpc) is 3.36. The Hall–Kier alpha value is -4.72. The number of benzene rings is 3. The van der Waals surface area contributed by atoms with Crippen molar-refractivity contribution < 1.29 is 13.9 Å². The van der Waals surface area contributed by atoms with Gasteiger partial charge in [0.05, 0.1) is 18.3 Å². The highest BCUT2D eigenvalue weighted by Gasteiger charge is 2.08. The van der Waals surface area contributed by atoms with E-state index in [1.54, 1.807) is 16.9 Å². The lowest BCUT2D eigenvalue weighted by atomic mass is 10.1. The molecule has 0 saturated heterocycles. The molecule has 0 radical (unpaired) electrons. The molecule has 5 aromatic rings. The van der Waals surface area contributed by atoms with Crippen LogP contribution in [0.3, 0.4) is 0 Å². The molecule has 0 saturated carbocycles. The van der Waals surface area contributed by atoms with E-state index < -0.39 is 0 Å². The van der Waals surface area contributed by atoms with Gasteiger partial charge in [0.25, 0.3) is 0 Å². The van der Waals surface area contributed by atoms with Crippen LogP contribution in [0.4, 0.5) is 0 Å². The number of rotatable bonds is 8. The summed E-state index contributed by atoms with van der Waals surface area (Å²) in [6.07, 6.45) is 2.09. The Morgan fingerprint density at radius 3 is 2.61 bits per heavy atom. The summed E-state index contributed by atoms with van der Waals surface area (Å²) in [4.78, 5) is 23.9. The summed E-state index contributed by atoms with van der Waals surface area (Å²) in [5.74, 6) is 0.538. The Bertz CT molecular complexity index is 1560. The maximum absolute atomic E-state index is 12.3. The topological polar surface area (TPSA) is 99.2 Å². The third-order valence-corrected chi connectivity index (χ3v) is 5.75. The molecular formula is C28H24N4O4. The smallest absolute Gasteiger partial charge is 0.336 e. The summed E-state index contributed by atoms with van der Waals surface area (Å²) in [6, 6.07) is 24.3. The normalized spacial score (nSPS) is 10.9. The number of ether oxygens (including phenoxy) is 1. The number of amides is 1. The van der Waals surface area contributed by atoms with Gasteiger partial charge in [-0.1, -0.05) is 47.7 Å². The van der Waals surface area contributed by atoms with Crippen LogP contribution in [0.5, 0.6) is 5.75 Å². The van der Waals surface area contributed by atoms with Crippen molar-refractivity contribution in [2.75, 3.05) is 0 Å². The van der Waals surface area contributed by atoms with Gasteiger partial charge in [-0.05, 0) is 47.9 Å². The van der Waals surface area contributed by atoms with Crippen LogP contribution in [0.1, 0.15) is 22.4 Å². The van der Waals surface area contributed by atoms with Crippen LogP contribution in [0, 0.1) is 6.92 Å². The van der Waals surface area contributed by atoms with E-state index in [4.69, 9.17) is 9.15 Å². The molecule has 1 N–H and O–H groups in total. The molecule has 0 bridgehead atoms. The van der Waals surface area contributed by atoms with E-state index in [0.717, 1.165) is 27.8 Å². The summed E-state index contributed by atoms with van der Waals surface area (Å²) in [7, 11) is 0. The predicted molar refractivity (Wildman–Crippen MR) is 135 cm³/mol. The first-order chi connectivity index (χ1) is 17.5. The van der Waals surface area contributed by atoms with E-state index in [1.807, 2.05) is 73.7 Å². The summed E-state index contributed by atoms with van der Waals surface area (Å²) < 4.78 is 12.7. The molecule has 0 fully saturated rings. The highest BCUT2D eigenvalue weighted by atomic mass is 16.5. The van der Waals surface area contributed by atoms with Crippen LogP contribution in [0.2, 0.25) is 0 Å². The maximum Gasteiger partial charge on any atom is 0.336 e. The molecule has 180 valence electrons. The SMILES string of the molecule is Cc1cc(=O)oc2cc(OCc3cn(-c4ccc(CC(=O)NCc5ccccc5)cc4)nn3)ccc12. The minimum Gasteiger partial charge on any atom is -0.487 e. The molecule has 8 nitrogen and oxygen atoms in total. The van der Waals surface area contributed by atoms with Crippen molar-refractivity contribution in [3.05, 3.63) is 118 Å². The van der Waals surface area contributed by atoms with Gasteiger partial charge in [0.15, 0.2) is 0 Å². The lowest BCUT2D eigenvalue weighted by molar-refractivity contribution is -0.120. The van der Waals surface area contributed by atoms with Crippen LogP contribution in [0.15, 0.2) is 94.3 Å². The molecule has 0 aliphatic carbocycles. The van der Waals surface area contributed by atoms with Gasteiger partial charge in [0.1, 0.15) is 23.6 Å². The fourth-order valence-electron chi connectivity index (χ4n) is 3.85. The zero-order chi connectivity index (χ0) is 24.9. The van der Waals surface area contributed by atoms with Gasteiger partial charge in [-0.3, -0.25) is 4.79 Å². The number of aryl methyl sites for hydroxylation is 1. The largest absolute Gasteiger partial charge is 0.487 e. The van der Waals surface area contributed by atoms with Crippen molar-refractivity contribution in [1.29, 1.82) is 0 Å². The van der Waals surface area contributed by atoms with Crippen molar-refractivity contribution in [3.63, 3.8) is 0 Å². The predicted octanol–water partition coefficient (Wildman–Crippen LogP) is 4.12. The van der Waals surface area contributed by atoms with Crippen LogP contribution in [0.25, 0.3) is 16.7 Å². The fraction of sp³-hybridized carbons (Fsp3) is 0.143. The molecule has 0 aliphatic heterocycles. The van der Waals surface area contributed by atoms with E-state index in [1.165, 1.54) is 6.07 Å². The van der Waals surface area contributed by atoms with E-state index in [-0.39, 0.29) is 18.1 Å². The Kier molecular flexibility index (Phi) is 6.57. The molecule has 3 aromatic carbocycles. The Morgan fingerprint density at radius 2 is 1.81 bits per heavy atom. The highest BCUT2D eigenvalue weighted by Crippen LogP contribution is 2.23. The molecule has 2 heterocycles. The number of fused-ring (bicyclic) bond motifs is 1. The monoisotopic (exact) mass is 480 g/mol. The summed E-state index contributed by atoms with van der Waals surface area (Å²) in [5.41, 5.74) is 4.39. The standard InChI is InChI=1S/C28H24N4O4/c1-19-13-28(34)36-26-15-24(11-12-25(19)26)35-18-22-17-32(31-30-22)23-9-7-20(8-10-23)14-27(33)29-16-21-5-3-2-4-6-21/h2-13,15,17H,14,16,18H2,1H3,(H,29,33). The minimum atomic E-state index is -0.390. The number of aromatic nitrogens is 3. The second-order valence-electron chi connectivity index (χ2n) is 8.46. The Balaban J connectivity index is 1.17. The molecule has 0 atom stereocenters. The molecule has 1 amide bonds. The van der Waals surface area contributed by atoms with Crippen molar-refractivity contribution >= 4 is 16.9 Å². The van der Waals surface area contributed by atoms with Crippen molar-refractivity contribution in [3.8, 4) is 11.4 Å². The zero-order valence-corrected chi connectivity index (χ0v) is 19.7. The maximum atomic E-state index is 12.3. The van der Waals surface area contributed by atoms with Crippen LogP contribution >= 0.6 is 0 Å². The van der Waals surface area contributed by atoms with Gasteiger partial charge >= 0.3 is 5.63 Å². The third kappa shape index (κ3) is 5.50. The van der Waals surface area contributed by atoms with Gasteiger partial charge in [0, 0.05) is 24.1 Å². The van der Waals surface area contributed by atoms with E-state index in [0.29, 0.717) is 30.0 Å². The zero-order valence-electron chi connectivity index (χ0n) is 19.7. The minimum absolute atomic E-state index is 0.0325. The lowest BCUT2D eigenvalue weighted by Crippen LogP contribution is -2.24. The summed E-state index contributed by atoms with van der Waals surface area (Å²) >= 11 is 0. The average molecular weight is 481 g/mol. The molecule has 0 aliphatic rings. The van der Waals surface area contributed by atoms with Gasteiger partial charge in [-0.25, -0.2) is 9.48 Å². The number of hydrogen-bond donors (Lipinski definition) is 1. The van der Waals surface area contributed by atoms with Gasteiger partial charge in [-0.15, -0.1) is 5.10 Å². The molecule has 5 rings (SSSR count). The van der Waals surface area contributed by atoms with E-state index >= 15 is 0 Å². The lowest BCUT2D eigenvalue weighted by Gasteiger charge is -2.07. The van der Waals surface area contributed by atoms with Gasteiger partial charge < -0.3 is 14.5 Å². The van der Waals surface area contributed by atoms with Gasteiger partial charge in [0.2, 0.25) is 5.91 Å². The second kappa shape index (κ2) is 10.3. The molecule has 8 heteroatoms. The first-order valence-electron chi connectivity index (χ1n) is 11.5. The van der Waals surface area contributed by atoms with Crippen LogP contribution < -0.4 is 15.7 Å². The fourth-order valence-corrected chi connectivity index (χ4v) is 3.85. The van der Waals surface area contributed by atoms with Crippen LogP contribution in [-0.2, 0) is 24.4 Å². The summed E-state index contributed by atoms with van der Waals surface area (Å²) in [5, 5.41) is 12.1. The number of nitrogens with one attached hydrogen (secondary N) is 1. The molecule has 36 heavy (non-hydrogen) atoms. The highest BCUT2D eigenvalue weighted by molar-refractivity contribution is 5.81. The number of carbonyl (C=O) groups is 1. The van der Waals surface area contributed by atoms with Crippen molar-refractivity contribution in [2.24, 2.45) is 0 Å². The Morgan fingerprint density at radius 1 is 1.00 bits per heavy atom. The molecule has 2 aromatic heterocycles. The summed E-state index contributed by atoms with van der Waals surface area (Å²) in [6.45, 7) is 2.58. The van der Waals surface area contributed by atoms with E-state index in [9.17, 15) is 9.59 Å². The quantitative estimate of drug-likeness (QED) is 0.336. The van der Waals surface area contributed by atoms with Gasteiger partial charge in [-0.2, -0.15) is 0 Å². The molecule has 0 spiro atoms. The second-order valence-corrected chi connectivity index (χ2v) is 8.46. The Labute approximate surface area is 207 Å².